The van der Waals surface area contributed by atoms with Gasteiger partial charge in [-0.2, -0.15) is 0 Å². The summed E-state index contributed by atoms with van der Waals surface area (Å²) in [5.41, 5.74) is -0.340. The molecule has 0 spiro atoms. The van der Waals surface area contributed by atoms with Crippen molar-refractivity contribution in [3.63, 3.8) is 0 Å². The van der Waals surface area contributed by atoms with Crippen LogP contribution in [0.25, 0.3) is 0 Å². The Kier molecular flexibility index (Phi) is 6.67. The molecule has 2 aliphatic rings. The van der Waals surface area contributed by atoms with Crippen molar-refractivity contribution in [2.24, 2.45) is 11.3 Å². The van der Waals surface area contributed by atoms with E-state index in [4.69, 9.17) is 0 Å². The van der Waals surface area contributed by atoms with Gasteiger partial charge in [-0.3, -0.25) is 14.5 Å². The average Bonchev–Trinajstić information content (AvgIpc) is 2.50. The molecule has 0 unspecified atom stereocenters. The second-order valence-corrected chi connectivity index (χ2v) is 8.71. The van der Waals surface area contributed by atoms with E-state index >= 15 is 0 Å². The Morgan fingerprint density at radius 2 is 1.62 bits per heavy atom. The van der Waals surface area contributed by atoms with Crippen LogP contribution in [0.1, 0.15) is 66.2 Å². The zero-order valence-corrected chi connectivity index (χ0v) is 15.9. The molecule has 5 nitrogen and oxygen atoms in total. The van der Waals surface area contributed by atoms with E-state index in [2.05, 4.69) is 22.5 Å². The zero-order valence-electron chi connectivity index (χ0n) is 15.9. The Hall–Kier alpha value is -1.10. The third-order valence-corrected chi connectivity index (χ3v) is 5.43. The van der Waals surface area contributed by atoms with Gasteiger partial charge in [0.05, 0.1) is 6.54 Å². The molecule has 0 bridgehead atoms. The maximum Gasteiger partial charge on any atom is 0.234 e. The summed E-state index contributed by atoms with van der Waals surface area (Å²) in [4.78, 5) is 26.6. The van der Waals surface area contributed by atoms with Crippen LogP contribution in [0.3, 0.4) is 0 Å². The first kappa shape index (κ1) is 19.2. The highest BCUT2D eigenvalue weighted by molar-refractivity contribution is 5.81. The number of hydrogen-bond acceptors (Lipinski definition) is 3. The first-order valence-electron chi connectivity index (χ1n) is 9.58. The maximum atomic E-state index is 12.3. The Balaban J connectivity index is 1.69. The second-order valence-electron chi connectivity index (χ2n) is 8.71. The minimum atomic E-state index is -0.340. The Morgan fingerprint density at radius 3 is 2.21 bits per heavy atom. The number of piperidine rings is 1. The van der Waals surface area contributed by atoms with E-state index in [1.165, 1.54) is 19.3 Å². The Morgan fingerprint density at radius 1 is 1.00 bits per heavy atom. The van der Waals surface area contributed by atoms with Crippen LogP contribution in [0.15, 0.2) is 0 Å². The number of nitrogens with zero attached hydrogens (tertiary/aromatic N) is 1. The summed E-state index contributed by atoms with van der Waals surface area (Å²) < 4.78 is 0. The smallest absolute Gasteiger partial charge is 0.234 e. The van der Waals surface area contributed by atoms with E-state index < -0.39 is 0 Å². The Bertz CT molecular complexity index is 436. The topological polar surface area (TPSA) is 61.4 Å². The average molecular weight is 338 g/mol. The van der Waals surface area contributed by atoms with Crippen LogP contribution in [0.5, 0.6) is 0 Å². The van der Waals surface area contributed by atoms with E-state index in [1.807, 2.05) is 20.8 Å². The van der Waals surface area contributed by atoms with E-state index in [-0.39, 0.29) is 23.3 Å². The van der Waals surface area contributed by atoms with Crippen molar-refractivity contribution in [1.29, 1.82) is 0 Å². The predicted molar refractivity (Wildman–Crippen MR) is 96.6 cm³/mol. The number of carbonyl (C=O) groups excluding carboxylic acids is 2. The molecule has 1 saturated carbocycles. The van der Waals surface area contributed by atoms with Crippen molar-refractivity contribution >= 4 is 11.8 Å². The molecular formula is C19H35N3O2. The van der Waals surface area contributed by atoms with Gasteiger partial charge in [0.2, 0.25) is 11.8 Å². The Labute approximate surface area is 146 Å². The van der Waals surface area contributed by atoms with Crippen molar-refractivity contribution in [2.75, 3.05) is 19.6 Å². The number of likely N-dealkylation sites (tertiary alicyclic amines) is 1. The fourth-order valence-corrected chi connectivity index (χ4v) is 3.62. The molecule has 0 aromatic rings. The van der Waals surface area contributed by atoms with Crippen molar-refractivity contribution < 1.29 is 9.59 Å². The lowest BCUT2D eigenvalue weighted by Crippen LogP contribution is -2.50. The summed E-state index contributed by atoms with van der Waals surface area (Å²) in [5.74, 6) is 0.872. The minimum absolute atomic E-state index is 0.116. The van der Waals surface area contributed by atoms with Crippen LogP contribution >= 0.6 is 0 Å². The van der Waals surface area contributed by atoms with E-state index in [0.717, 1.165) is 32.4 Å². The molecule has 1 aliphatic carbocycles. The van der Waals surface area contributed by atoms with Gasteiger partial charge in [0, 0.05) is 30.6 Å². The van der Waals surface area contributed by atoms with E-state index in [9.17, 15) is 9.59 Å². The van der Waals surface area contributed by atoms with Crippen LogP contribution in [-0.4, -0.2) is 48.4 Å². The summed E-state index contributed by atoms with van der Waals surface area (Å²) in [6, 6.07) is 0.601. The second kappa shape index (κ2) is 8.32. The minimum Gasteiger partial charge on any atom is -0.353 e. The molecule has 2 amide bonds. The predicted octanol–water partition coefficient (Wildman–Crippen LogP) is 2.31. The van der Waals surface area contributed by atoms with Gasteiger partial charge in [-0.15, -0.1) is 0 Å². The summed E-state index contributed by atoms with van der Waals surface area (Å²) in [6.07, 6.45) is 6.72. The van der Waals surface area contributed by atoms with Crippen molar-refractivity contribution in [1.82, 2.24) is 15.5 Å². The molecule has 1 heterocycles. The van der Waals surface area contributed by atoms with Gasteiger partial charge >= 0.3 is 0 Å². The fraction of sp³-hybridized carbons (Fsp3) is 0.895. The highest BCUT2D eigenvalue weighted by Gasteiger charge is 2.28. The number of amides is 2. The molecule has 1 aliphatic heterocycles. The molecule has 0 aromatic heterocycles. The lowest BCUT2D eigenvalue weighted by atomic mass is 9.86. The van der Waals surface area contributed by atoms with Gasteiger partial charge in [0.1, 0.15) is 0 Å². The van der Waals surface area contributed by atoms with Crippen molar-refractivity contribution in [3.8, 4) is 0 Å². The normalized spacial score (nSPS) is 26.8. The lowest BCUT2D eigenvalue weighted by Gasteiger charge is -2.34. The molecule has 1 saturated heterocycles. The first-order chi connectivity index (χ1) is 11.3. The van der Waals surface area contributed by atoms with Gasteiger partial charge in [-0.25, -0.2) is 0 Å². The lowest BCUT2D eigenvalue weighted by molar-refractivity contribution is -0.130. The van der Waals surface area contributed by atoms with Crippen molar-refractivity contribution in [3.05, 3.63) is 0 Å². The molecule has 0 radical (unpaired) electrons. The number of hydrogen-bond donors (Lipinski definition) is 2. The van der Waals surface area contributed by atoms with Crippen LogP contribution in [0.4, 0.5) is 0 Å². The fourth-order valence-electron chi connectivity index (χ4n) is 3.62. The molecule has 24 heavy (non-hydrogen) atoms. The monoisotopic (exact) mass is 337 g/mol. The molecular weight excluding hydrogens is 302 g/mol. The summed E-state index contributed by atoms with van der Waals surface area (Å²) in [6.45, 7) is 10.3. The van der Waals surface area contributed by atoms with Gasteiger partial charge in [0.15, 0.2) is 0 Å². The van der Waals surface area contributed by atoms with E-state index in [0.29, 0.717) is 18.5 Å². The summed E-state index contributed by atoms with van der Waals surface area (Å²) in [7, 11) is 0. The molecule has 2 fully saturated rings. The molecule has 2 N–H and O–H groups in total. The van der Waals surface area contributed by atoms with Crippen LogP contribution in [0.2, 0.25) is 0 Å². The molecule has 138 valence electrons. The molecule has 0 aromatic carbocycles. The highest BCUT2D eigenvalue weighted by Crippen LogP contribution is 2.23. The summed E-state index contributed by atoms with van der Waals surface area (Å²) in [5, 5.41) is 6.37. The molecule has 5 heteroatoms. The van der Waals surface area contributed by atoms with Crippen LogP contribution in [-0.2, 0) is 9.59 Å². The summed E-state index contributed by atoms with van der Waals surface area (Å²) >= 11 is 0. The number of nitrogens with one attached hydrogen (secondary N) is 2. The van der Waals surface area contributed by atoms with E-state index in [1.54, 1.807) is 0 Å². The van der Waals surface area contributed by atoms with Gasteiger partial charge in [-0.05, 0) is 31.6 Å². The SMILES string of the molecule is C[C@@H]1CCCC[C@H]1NC(=O)CN1CCC(NC(=O)C(C)(C)C)CC1. The number of rotatable bonds is 4. The van der Waals surface area contributed by atoms with Crippen molar-refractivity contribution in [2.45, 2.75) is 78.3 Å². The third-order valence-electron chi connectivity index (χ3n) is 5.43. The highest BCUT2D eigenvalue weighted by atomic mass is 16.2. The number of carbonyl (C=O) groups is 2. The standard InChI is InChI=1S/C19H35N3O2/c1-14-7-5-6-8-16(14)21-17(23)13-22-11-9-15(10-12-22)20-18(24)19(2,3)4/h14-16H,5-13H2,1-4H3,(H,20,24)(H,21,23)/t14-,16-/m1/s1. The zero-order chi connectivity index (χ0) is 17.7. The van der Waals surface area contributed by atoms with Gasteiger partial charge in [-0.1, -0.05) is 40.5 Å². The third kappa shape index (κ3) is 5.76. The van der Waals surface area contributed by atoms with Gasteiger partial charge < -0.3 is 10.6 Å². The quantitative estimate of drug-likeness (QED) is 0.827. The molecule has 2 rings (SSSR count). The van der Waals surface area contributed by atoms with Gasteiger partial charge in [0.25, 0.3) is 0 Å². The first-order valence-corrected chi connectivity index (χ1v) is 9.58. The van der Waals surface area contributed by atoms with Crippen LogP contribution in [0, 0.1) is 11.3 Å². The van der Waals surface area contributed by atoms with Crippen LogP contribution < -0.4 is 10.6 Å². The maximum absolute atomic E-state index is 12.3. The molecule has 2 atom stereocenters. The largest absolute Gasteiger partial charge is 0.353 e.